The Morgan fingerprint density at radius 1 is 1.33 bits per heavy atom. The summed E-state index contributed by atoms with van der Waals surface area (Å²) < 4.78 is 3.89. The van der Waals surface area contributed by atoms with Gasteiger partial charge in [-0.1, -0.05) is 28.8 Å². The summed E-state index contributed by atoms with van der Waals surface area (Å²) in [5.41, 5.74) is 6.14. The van der Waals surface area contributed by atoms with Crippen LogP contribution in [0.2, 0.25) is 0 Å². The third kappa shape index (κ3) is 3.04. The number of aryl methyl sites for hydroxylation is 1. The van der Waals surface area contributed by atoms with Crippen molar-refractivity contribution in [3.8, 4) is 0 Å². The van der Waals surface area contributed by atoms with Gasteiger partial charge in [0.05, 0.1) is 0 Å². The van der Waals surface area contributed by atoms with Crippen molar-refractivity contribution < 1.29 is 0 Å². The molecule has 18 heavy (non-hydrogen) atoms. The summed E-state index contributed by atoms with van der Waals surface area (Å²) in [6.07, 6.45) is 0. The average Bonchev–Trinajstić information content (AvgIpc) is 2.79. The second kappa shape index (κ2) is 5.90. The molecule has 0 saturated heterocycles. The molecular weight excluding hydrogens is 246 g/mol. The fraction of sp³-hybridized carbons (Fsp3) is 0.333. The molecule has 0 unspecified atom stereocenters. The van der Waals surface area contributed by atoms with Gasteiger partial charge in [-0.05, 0) is 25.1 Å². The molecule has 6 heteroatoms. The first-order chi connectivity index (χ1) is 8.70. The zero-order valence-electron chi connectivity index (χ0n) is 10.6. The first-order valence-electron chi connectivity index (χ1n) is 5.71. The molecule has 0 spiro atoms. The highest BCUT2D eigenvalue weighted by Crippen LogP contribution is 2.18. The summed E-state index contributed by atoms with van der Waals surface area (Å²) in [7, 11) is 2.06. The average molecular weight is 263 g/mol. The molecule has 0 amide bonds. The summed E-state index contributed by atoms with van der Waals surface area (Å²) in [6.45, 7) is 3.74. The van der Waals surface area contributed by atoms with E-state index in [0.29, 0.717) is 0 Å². The number of hydrogen-bond donors (Lipinski definition) is 2. The molecule has 2 aromatic rings. The van der Waals surface area contributed by atoms with Crippen LogP contribution in [0.15, 0.2) is 24.3 Å². The zero-order chi connectivity index (χ0) is 13.0. The Morgan fingerprint density at radius 2 is 2.11 bits per heavy atom. The number of nitrogens with two attached hydrogens (primary N) is 1. The molecule has 2 rings (SSSR count). The molecule has 1 aromatic carbocycles. The molecule has 0 aliphatic heterocycles. The van der Waals surface area contributed by atoms with Crippen molar-refractivity contribution in [2.75, 3.05) is 12.5 Å². The van der Waals surface area contributed by atoms with Crippen LogP contribution in [0, 0.1) is 6.92 Å². The SMILES string of the molecule is Cc1ccccc1CN(C)Cc1nnsc1NN. The summed E-state index contributed by atoms with van der Waals surface area (Å²) in [4.78, 5) is 2.19. The summed E-state index contributed by atoms with van der Waals surface area (Å²) >= 11 is 1.28. The van der Waals surface area contributed by atoms with Crippen molar-refractivity contribution in [1.29, 1.82) is 0 Å². The van der Waals surface area contributed by atoms with E-state index >= 15 is 0 Å². The smallest absolute Gasteiger partial charge is 0.148 e. The van der Waals surface area contributed by atoms with Gasteiger partial charge >= 0.3 is 0 Å². The fourth-order valence-corrected chi connectivity index (χ4v) is 2.30. The van der Waals surface area contributed by atoms with Gasteiger partial charge in [-0.3, -0.25) is 4.90 Å². The van der Waals surface area contributed by atoms with Gasteiger partial charge in [0.25, 0.3) is 0 Å². The van der Waals surface area contributed by atoms with Crippen molar-refractivity contribution in [2.45, 2.75) is 20.0 Å². The van der Waals surface area contributed by atoms with E-state index in [-0.39, 0.29) is 0 Å². The predicted molar refractivity (Wildman–Crippen MR) is 74.1 cm³/mol. The summed E-state index contributed by atoms with van der Waals surface area (Å²) in [6, 6.07) is 8.39. The lowest BCUT2D eigenvalue weighted by molar-refractivity contribution is 0.315. The maximum atomic E-state index is 5.41. The van der Waals surface area contributed by atoms with Crippen LogP contribution in [0.5, 0.6) is 0 Å². The molecule has 0 fully saturated rings. The van der Waals surface area contributed by atoms with E-state index in [0.717, 1.165) is 23.8 Å². The van der Waals surface area contributed by atoms with Gasteiger partial charge in [-0.2, -0.15) is 0 Å². The summed E-state index contributed by atoms with van der Waals surface area (Å²) in [5.74, 6) is 5.41. The quantitative estimate of drug-likeness (QED) is 0.635. The predicted octanol–water partition coefficient (Wildman–Crippen LogP) is 1.76. The number of rotatable bonds is 5. The molecule has 96 valence electrons. The number of anilines is 1. The minimum Gasteiger partial charge on any atom is -0.313 e. The zero-order valence-corrected chi connectivity index (χ0v) is 11.4. The highest BCUT2D eigenvalue weighted by molar-refractivity contribution is 7.10. The monoisotopic (exact) mass is 263 g/mol. The number of aromatic nitrogens is 2. The first-order valence-corrected chi connectivity index (χ1v) is 6.49. The minimum absolute atomic E-state index is 0.727. The van der Waals surface area contributed by atoms with E-state index < -0.39 is 0 Å². The Labute approximate surface area is 111 Å². The highest BCUT2D eigenvalue weighted by Gasteiger charge is 2.10. The summed E-state index contributed by atoms with van der Waals surface area (Å²) in [5, 5.41) is 4.90. The Bertz CT molecular complexity index is 511. The van der Waals surface area contributed by atoms with Crippen LogP contribution in [-0.2, 0) is 13.1 Å². The molecule has 1 heterocycles. The van der Waals surface area contributed by atoms with Crippen molar-refractivity contribution in [2.24, 2.45) is 5.84 Å². The third-order valence-electron chi connectivity index (χ3n) is 2.81. The molecule has 0 bridgehead atoms. The van der Waals surface area contributed by atoms with Gasteiger partial charge in [-0.15, -0.1) is 5.10 Å². The van der Waals surface area contributed by atoms with E-state index in [1.165, 1.54) is 22.7 Å². The van der Waals surface area contributed by atoms with Crippen molar-refractivity contribution in [1.82, 2.24) is 14.5 Å². The molecule has 0 saturated carbocycles. The third-order valence-corrected chi connectivity index (χ3v) is 3.51. The number of hydrazine groups is 1. The number of nitrogens with one attached hydrogen (secondary N) is 1. The first kappa shape index (κ1) is 12.9. The van der Waals surface area contributed by atoms with Crippen molar-refractivity contribution >= 4 is 16.5 Å². The Hall–Kier alpha value is -1.50. The molecule has 0 radical (unpaired) electrons. The second-order valence-corrected chi connectivity index (χ2v) is 5.05. The lowest BCUT2D eigenvalue weighted by Gasteiger charge is -2.17. The van der Waals surface area contributed by atoms with E-state index in [9.17, 15) is 0 Å². The van der Waals surface area contributed by atoms with E-state index in [2.05, 4.69) is 58.1 Å². The van der Waals surface area contributed by atoms with Crippen molar-refractivity contribution in [3.63, 3.8) is 0 Å². The Balaban J connectivity index is 2.01. The van der Waals surface area contributed by atoms with Crippen LogP contribution >= 0.6 is 11.5 Å². The normalized spacial score (nSPS) is 10.9. The topological polar surface area (TPSA) is 67.1 Å². The van der Waals surface area contributed by atoms with Gasteiger partial charge in [-0.25, -0.2) is 5.84 Å². The molecule has 1 aromatic heterocycles. The molecule has 5 nitrogen and oxygen atoms in total. The maximum absolute atomic E-state index is 5.41. The largest absolute Gasteiger partial charge is 0.313 e. The number of nitrogen functional groups attached to an aromatic ring is 1. The minimum atomic E-state index is 0.727. The standard InChI is InChI=1S/C12H17N5S/c1-9-5-3-4-6-10(9)7-17(2)8-11-12(14-13)18-16-15-11/h3-6,14H,7-8,13H2,1-2H3. The molecule has 0 atom stereocenters. The van der Waals surface area contributed by atoms with Crippen LogP contribution in [0.1, 0.15) is 16.8 Å². The van der Waals surface area contributed by atoms with E-state index in [1.807, 2.05) is 0 Å². The highest BCUT2D eigenvalue weighted by atomic mass is 32.1. The van der Waals surface area contributed by atoms with E-state index in [4.69, 9.17) is 5.84 Å². The van der Waals surface area contributed by atoms with Gasteiger partial charge in [0.15, 0.2) is 0 Å². The molecule has 3 N–H and O–H groups in total. The lowest BCUT2D eigenvalue weighted by Crippen LogP contribution is -2.19. The van der Waals surface area contributed by atoms with Crippen LogP contribution in [0.25, 0.3) is 0 Å². The Morgan fingerprint density at radius 3 is 2.83 bits per heavy atom. The maximum Gasteiger partial charge on any atom is 0.148 e. The Kier molecular flexibility index (Phi) is 4.24. The van der Waals surface area contributed by atoms with Gasteiger partial charge < -0.3 is 5.43 Å². The van der Waals surface area contributed by atoms with Gasteiger partial charge in [0, 0.05) is 24.6 Å². The van der Waals surface area contributed by atoms with Gasteiger partial charge in [0.1, 0.15) is 10.7 Å². The second-order valence-electron chi connectivity index (χ2n) is 4.29. The van der Waals surface area contributed by atoms with Crippen molar-refractivity contribution in [3.05, 3.63) is 41.1 Å². The van der Waals surface area contributed by atoms with Crippen LogP contribution in [-0.4, -0.2) is 21.5 Å². The van der Waals surface area contributed by atoms with Gasteiger partial charge in [0.2, 0.25) is 0 Å². The van der Waals surface area contributed by atoms with Crippen LogP contribution in [0.3, 0.4) is 0 Å². The number of benzene rings is 1. The number of hydrogen-bond acceptors (Lipinski definition) is 6. The van der Waals surface area contributed by atoms with E-state index in [1.54, 1.807) is 0 Å². The lowest BCUT2D eigenvalue weighted by atomic mass is 10.1. The molecule has 0 aliphatic rings. The van der Waals surface area contributed by atoms with Crippen LogP contribution in [0.4, 0.5) is 5.00 Å². The molecule has 0 aliphatic carbocycles. The molecular formula is C12H17N5S. The van der Waals surface area contributed by atoms with Crippen LogP contribution < -0.4 is 11.3 Å². The fourth-order valence-electron chi connectivity index (χ4n) is 1.81. The number of nitrogens with zero attached hydrogens (tertiary/aromatic N) is 3.